The zero-order chi connectivity index (χ0) is 11.5. The second kappa shape index (κ2) is 4.55. The van der Waals surface area contributed by atoms with Crippen molar-refractivity contribution in [3.05, 3.63) is 30.0 Å². The molecule has 0 unspecified atom stereocenters. The Morgan fingerprint density at radius 3 is 2.94 bits per heavy atom. The lowest BCUT2D eigenvalue weighted by atomic mass is 10.0. The monoisotopic (exact) mass is 219 g/mol. The molecule has 0 aliphatic heterocycles. The molecule has 4 nitrogen and oxygen atoms in total. The van der Waals surface area contributed by atoms with E-state index in [2.05, 4.69) is 4.98 Å². The lowest BCUT2D eigenvalue weighted by Gasteiger charge is -2.09. The maximum absolute atomic E-state index is 6.07. The Kier molecular flexibility index (Phi) is 3.12. The van der Waals surface area contributed by atoms with Crippen LogP contribution in [0.2, 0.25) is 0 Å². The van der Waals surface area contributed by atoms with E-state index in [1.54, 1.807) is 7.11 Å². The van der Waals surface area contributed by atoms with Crippen LogP contribution in [-0.2, 0) is 0 Å². The van der Waals surface area contributed by atoms with Crippen molar-refractivity contribution in [2.75, 3.05) is 13.7 Å². The van der Waals surface area contributed by atoms with Gasteiger partial charge in [0, 0.05) is 23.1 Å². The van der Waals surface area contributed by atoms with Crippen molar-refractivity contribution in [1.29, 1.82) is 0 Å². The molecule has 5 N–H and O–H groups in total. The van der Waals surface area contributed by atoms with Crippen molar-refractivity contribution < 1.29 is 4.74 Å². The van der Waals surface area contributed by atoms with Crippen LogP contribution in [0.4, 0.5) is 0 Å². The highest BCUT2D eigenvalue weighted by Crippen LogP contribution is 2.27. The summed E-state index contributed by atoms with van der Waals surface area (Å²) >= 11 is 0. The third kappa shape index (κ3) is 1.89. The Hall–Kier alpha value is -1.52. The highest BCUT2D eigenvalue weighted by molar-refractivity contribution is 5.85. The van der Waals surface area contributed by atoms with Crippen molar-refractivity contribution in [1.82, 2.24) is 4.98 Å². The van der Waals surface area contributed by atoms with Gasteiger partial charge in [0.15, 0.2) is 0 Å². The number of aromatic nitrogens is 1. The minimum Gasteiger partial charge on any atom is -0.497 e. The molecule has 0 spiro atoms. The second-order valence-electron chi connectivity index (χ2n) is 3.84. The summed E-state index contributed by atoms with van der Waals surface area (Å²) in [4.78, 5) is 3.20. The standard InChI is InChI=1S/C12H17N3O/c1-16-8-2-3-12-9(6-8)10(7-15-12)11(14)4-5-13/h2-3,6-7,11,15H,4-5,13-14H2,1H3/t11-/m0/s1. The van der Waals surface area contributed by atoms with Gasteiger partial charge in [-0.05, 0) is 36.7 Å². The Morgan fingerprint density at radius 1 is 1.44 bits per heavy atom. The lowest BCUT2D eigenvalue weighted by molar-refractivity contribution is 0.415. The highest BCUT2D eigenvalue weighted by atomic mass is 16.5. The van der Waals surface area contributed by atoms with E-state index in [9.17, 15) is 0 Å². The molecule has 16 heavy (non-hydrogen) atoms. The molecule has 0 aliphatic carbocycles. The molecule has 0 bridgehead atoms. The fourth-order valence-corrected chi connectivity index (χ4v) is 1.89. The smallest absolute Gasteiger partial charge is 0.119 e. The van der Waals surface area contributed by atoms with Gasteiger partial charge in [0.05, 0.1) is 7.11 Å². The fraction of sp³-hybridized carbons (Fsp3) is 0.333. The number of nitrogens with two attached hydrogens (primary N) is 2. The van der Waals surface area contributed by atoms with Crippen molar-refractivity contribution in [3.63, 3.8) is 0 Å². The zero-order valence-electron chi connectivity index (χ0n) is 9.36. The van der Waals surface area contributed by atoms with Gasteiger partial charge in [-0.1, -0.05) is 0 Å². The maximum Gasteiger partial charge on any atom is 0.119 e. The summed E-state index contributed by atoms with van der Waals surface area (Å²) in [5.74, 6) is 0.841. The summed E-state index contributed by atoms with van der Waals surface area (Å²) in [6, 6.07) is 5.90. The van der Waals surface area contributed by atoms with E-state index in [1.807, 2.05) is 24.4 Å². The van der Waals surface area contributed by atoms with Gasteiger partial charge in [-0.25, -0.2) is 0 Å². The molecule has 0 fully saturated rings. The Bertz CT molecular complexity index is 478. The van der Waals surface area contributed by atoms with Gasteiger partial charge < -0.3 is 21.2 Å². The van der Waals surface area contributed by atoms with E-state index in [4.69, 9.17) is 16.2 Å². The molecule has 0 radical (unpaired) electrons. The van der Waals surface area contributed by atoms with Crippen LogP contribution in [-0.4, -0.2) is 18.6 Å². The first-order valence-corrected chi connectivity index (χ1v) is 5.37. The normalized spacial score (nSPS) is 12.9. The number of rotatable bonds is 4. The van der Waals surface area contributed by atoms with E-state index >= 15 is 0 Å². The van der Waals surface area contributed by atoms with Gasteiger partial charge in [0.25, 0.3) is 0 Å². The zero-order valence-corrected chi connectivity index (χ0v) is 9.36. The van der Waals surface area contributed by atoms with Crippen LogP contribution < -0.4 is 16.2 Å². The first kappa shape index (κ1) is 11.0. The average Bonchev–Trinajstić information content (AvgIpc) is 2.71. The summed E-state index contributed by atoms with van der Waals surface area (Å²) in [7, 11) is 1.66. The molecule has 4 heteroatoms. The van der Waals surface area contributed by atoms with Crippen molar-refractivity contribution in [2.24, 2.45) is 11.5 Å². The molecular weight excluding hydrogens is 202 g/mol. The molecule has 86 valence electrons. The van der Waals surface area contributed by atoms with Gasteiger partial charge in [-0.2, -0.15) is 0 Å². The minimum absolute atomic E-state index is 0.0224. The summed E-state index contributed by atoms with van der Waals surface area (Å²) in [5, 5.41) is 1.11. The number of methoxy groups -OCH3 is 1. The third-order valence-electron chi connectivity index (χ3n) is 2.80. The van der Waals surface area contributed by atoms with Crippen LogP contribution in [0, 0.1) is 0 Å². The van der Waals surface area contributed by atoms with Gasteiger partial charge in [0.2, 0.25) is 0 Å². The van der Waals surface area contributed by atoms with Gasteiger partial charge in [0.1, 0.15) is 5.75 Å². The quantitative estimate of drug-likeness (QED) is 0.729. The molecule has 1 aromatic carbocycles. The molecule has 1 heterocycles. The summed E-state index contributed by atoms with van der Waals surface area (Å²) in [5.41, 5.74) is 13.8. The van der Waals surface area contributed by atoms with Crippen molar-refractivity contribution in [2.45, 2.75) is 12.5 Å². The summed E-state index contributed by atoms with van der Waals surface area (Å²) in [6.45, 7) is 0.595. The topological polar surface area (TPSA) is 77.1 Å². The number of fused-ring (bicyclic) bond motifs is 1. The van der Waals surface area contributed by atoms with Gasteiger partial charge in [-0.3, -0.25) is 0 Å². The van der Waals surface area contributed by atoms with Crippen LogP contribution in [0.15, 0.2) is 24.4 Å². The maximum atomic E-state index is 6.07. The van der Waals surface area contributed by atoms with Crippen LogP contribution in [0.1, 0.15) is 18.0 Å². The number of H-pyrrole nitrogens is 1. The van der Waals surface area contributed by atoms with Crippen LogP contribution in [0.25, 0.3) is 10.9 Å². The largest absolute Gasteiger partial charge is 0.497 e. The van der Waals surface area contributed by atoms with Crippen molar-refractivity contribution >= 4 is 10.9 Å². The molecular formula is C12H17N3O. The Morgan fingerprint density at radius 2 is 2.25 bits per heavy atom. The molecule has 0 aliphatic rings. The number of nitrogens with one attached hydrogen (secondary N) is 1. The van der Waals surface area contributed by atoms with Crippen LogP contribution in [0.5, 0.6) is 5.75 Å². The average molecular weight is 219 g/mol. The molecule has 2 aromatic rings. The van der Waals surface area contributed by atoms with E-state index in [0.29, 0.717) is 6.54 Å². The number of hydrogen-bond donors (Lipinski definition) is 3. The first-order chi connectivity index (χ1) is 7.76. The number of ether oxygens (including phenoxy) is 1. The van der Waals surface area contributed by atoms with Gasteiger partial charge >= 0.3 is 0 Å². The van der Waals surface area contributed by atoms with Gasteiger partial charge in [-0.15, -0.1) is 0 Å². The summed E-state index contributed by atoms with van der Waals surface area (Å²) < 4.78 is 5.21. The molecule has 0 saturated carbocycles. The SMILES string of the molecule is COc1ccc2[nH]cc([C@@H](N)CCN)c2c1. The fourth-order valence-electron chi connectivity index (χ4n) is 1.89. The molecule has 2 rings (SSSR count). The molecule has 0 amide bonds. The van der Waals surface area contributed by atoms with E-state index < -0.39 is 0 Å². The van der Waals surface area contributed by atoms with E-state index in [1.165, 1.54) is 0 Å². The highest BCUT2D eigenvalue weighted by Gasteiger charge is 2.11. The first-order valence-electron chi connectivity index (χ1n) is 5.37. The molecule has 1 atom stereocenters. The Balaban J connectivity index is 2.45. The number of hydrogen-bond acceptors (Lipinski definition) is 3. The molecule has 0 saturated heterocycles. The predicted octanol–water partition coefficient (Wildman–Crippen LogP) is 1.53. The number of aromatic amines is 1. The van der Waals surface area contributed by atoms with Crippen molar-refractivity contribution in [3.8, 4) is 5.75 Å². The minimum atomic E-state index is -0.0224. The van der Waals surface area contributed by atoms with Crippen LogP contribution in [0.3, 0.4) is 0 Å². The van der Waals surface area contributed by atoms with E-state index in [-0.39, 0.29) is 6.04 Å². The second-order valence-corrected chi connectivity index (χ2v) is 3.84. The Labute approximate surface area is 94.6 Å². The summed E-state index contributed by atoms with van der Waals surface area (Å²) in [6.07, 6.45) is 2.73. The van der Waals surface area contributed by atoms with E-state index in [0.717, 1.165) is 28.6 Å². The predicted molar refractivity (Wildman–Crippen MR) is 65.5 cm³/mol. The third-order valence-corrected chi connectivity index (χ3v) is 2.80. The molecule has 1 aromatic heterocycles. The number of benzene rings is 1. The van der Waals surface area contributed by atoms with Crippen LogP contribution >= 0.6 is 0 Å². The lowest BCUT2D eigenvalue weighted by Crippen LogP contribution is -2.14.